The van der Waals surface area contributed by atoms with Crippen molar-refractivity contribution in [3.8, 4) is 5.75 Å². The van der Waals surface area contributed by atoms with Crippen LogP contribution in [0.2, 0.25) is 5.02 Å². The van der Waals surface area contributed by atoms with Crippen LogP contribution < -0.4 is 10.5 Å². The number of carbonyl (C=O) groups excluding carboxylic acids is 1. The molecule has 0 bridgehead atoms. The second-order valence-corrected chi connectivity index (χ2v) is 4.51. The van der Waals surface area contributed by atoms with Gasteiger partial charge in [-0.1, -0.05) is 35.0 Å². The van der Waals surface area contributed by atoms with Crippen molar-refractivity contribution in [1.82, 2.24) is 0 Å². The van der Waals surface area contributed by atoms with Gasteiger partial charge in [-0.25, -0.2) is 4.79 Å². The van der Waals surface area contributed by atoms with Gasteiger partial charge in [0.1, 0.15) is 12.4 Å². The van der Waals surface area contributed by atoms with Crippen molar-refractivity contribution >= 4 is 23.4 Å². The van der Waals surface area contributed by atoms with Crippen LogP contribution in [0.25, 0.3) is 0 Å². The lowest BCUT2D eigenvalue weighted by Crippen LogP contribution is -2.22. The van der Waals surface area contributed by atoms with Crippen LogP contribution in [0.1, 0.15) is 10.4 Å². The van der Waals surface area contributed by atoms with E-state index < -0.39 is 5.97 Å². The van der Waals surface area contributed by atoms with E-state index in [0.717, 1.165) is 0 Å². The van der Waals surface area contributed by atoms with Crippen molar-refractivity contribution < 1.29 is 14.4 Å². The zero-order valence-electron chi connectivity index (χ0n) is 11.0. The average Bonchev–Trinajstić information content (AvgIpc) is 2.53. The summed E-state index contributed by atoms with van der Waals surface area (Å²) in [7, 11) is 0. The highest BCUT2D eigenvalue weighted by Crippen LogP contribution is 2.15. The van der Waals surface area contributed by atoms with E-state index in [0.29, 0.717) is 16.3 Å². The molecule has 2 N–H and O–H groups in total. The second kappa shape index (κ2) is 7.31. The van der Waals surface area contributed by atoms with Gasteiger partial charge in [-0.15, -0.1) is 0 Å². The Balaban J connectivity index is 1.84. The van der Waals surface area contributed by atoms with Gasteiger partial charge in [-0.2, -0.15) is 0 Å². The predicted octanol–water partition coefficient (Wildman–Crippen LogP) is 2.85. The highest BCUT2D eigenvalue weighted by Gasteiger charge is 2.06. The normalized spacial score (nSPS) is 11.0. The first-order valence-corrected chi connectivity index (χ1v) is 6.50. The molecule has 0 aliphatic carbocycles. The zero-order chi connectivity index (χ0) is 15.1. The third-order valence-electron chi connectivity index (χ3n) is 2.46. The van der Waals surface area contributed by atoms with Crippen molar-refractivity contribution in [3.63, 3.8) is 0 Å². The van der Waals surface area contributed by atoms with Crippen LogP contribution in [-0.2, 0) is 4.84 Å². The van der Waals surface area contributed by atoms with E-state index in [4.69, 9.17) is 26.9 Å². The molecule has 5 nitrogen and oxygen atoms in total. The first-order valence-electron chi connectivity index (χ1n) is 6.12. The molecule has 2 aromatic carbocycles. The summed E-state index contributed by atoms with van der Waals surface area (Å²) >= 11 is 5.76. The lowest BCUT2D eigenvalue weighted by molar-refractivity contribution is 0.0513. The predicted molar refractivity (Wildman–Crippen MR) is 80.4 cm³/mol. The molecule has 0 aliphatic rings. The maximum Gasteiger partial charge on any atom is 0.365 e. The van der Waals surface area contributed by atoms with Crippen molar-refractivity contribution in [1.29, 1.82) is 0 Å². The maximum atomic E-state index is 11.6. The summed E-state index contributed by atoms with van der Waals surface area (Å²) in [4.78, 5) is 16.3. The maximum absolute atomic E-state index is 11.6. The Hall–Kier alpha value is -2.53. The molecule has 0 saturated heterocycles. The van der Waals surface area contributed by atoms with Crippen LogP contribution in [0.15, 0.2) is 59.8 Å². The molecule has 0 spiro atoms. The highest BCUT2D eigenvalue weighted by atomic mass is 35.5. The molecule has 0 heterocycles. The Morgan fingerprint density at radius 2 is 1.76 bits per heavy atom. The van der Waals surface area contributed by atoms with E-state index in [1.807, 2.05) is 0 Å². The largest absolute Gasteiger partial charge is 0.486 e. The number of carbonyl (C=O) groups is 1. The molecule has 0 amide bonds. The fourth-order valence-electron chi connectivity index (χ4n) is 1.44. The fraction of sp³-hybridized carbons (Fsp3) is 0.0667. The van der Waals surface area contributed by atoms with Crippen LogP contribution in [0.5, 0.6) is 5.75 Å². The molecular weight excluding hydrogens is 292 g/mol. The Labute approximate surface area is 126 Å². The summed E-state index contributed by atoms with van der Waals surface area (Å²) in [5.74, 6) is 0.0613. The fourth-order valence-corrected chi connectivity index (χ4v) is 1.57. The summed E-state index contributed by atoms with van der Waals surface area (Å²) in [6, 6.07) is 15.3. The van der Waals surface area contributed by atoms with E-state index in [2.05, 4.69) is 5.16 Å². The topological polar surface area (TPSA) is 73.9 Å². The molecule has 0 saturated carbocycles. The van der Waals surface area contributed by atoms with Crippen molar-refractivity contribution in [2.24, 2.45) is 10.9 Å². The number of hydrogen-bond acceptors (Lipinski definition) is 4. The van der Waals surface area contributed by atoms with Crippen LogP contribution in [0, 0.1) is 0 Å². The number of ether oxygens (including phenoxy) is 1. The van der Waals surface area contributed by atoms with Crippen LogP contribution in [0.3, 0.4) is 0 Å². The van der Waals surface area contributed by atoms with E-state index in [9.17, 15) is 4.79 Å². The van der Waals surface area contributed by atoms with Gasteiger partial charge in [0.05, 0.1) is 5.56 Å². The van der Waals surface area contributed by atoms with E-state index in [1.54, 1.807) is 54.6 Å². The summed E-state index contributed by atoms with van der Waals surface area (Å²) in [6.07, 6.45) is 0. The van der Waals surface area contributed by atoms with Gasteiger partial charge in [0.15, 0.2) is 5.84 Å². The Kier molecular flexibility index (Phi) is 5.17. The van der Waals surface area contributed by atoms with Crippen molar-refractivity contribution in [2.45, 2.75) is 0 Å². The quantitative estimate of drug-likeness (QED) is 0.399. The molecule has 2 aromatic rings. The number of oxime groups is 1. The first-order chi connectivity index (χ1) is 10.1. The van der Waals surface area contributed by atoms with E-state index >= 15 is 0 Å². The summed E-state index contributed by atoms with van der Waals surface area (Å²) in [6.45, 7) is 0.00367. The lowest BCUT2D eigenvalue weighted by atomic mass is 10.2. The van der Waals surface area contributed by atoms with Gasteiger partial charge >= 0.3 is 5.97 Å². The molecular formula is C15H13ClN2O3. The average molecular weight is 305 g/mol. The number of amidine groups is 1. The molecule has 2 rings (SSSR count). The van der Waals surface area contributed by atoms with Crippen molar-refractivity contribution in [3.05, 3.63) is 65.2 Å². The molecule has 0 atom stereocenters. The number of rotatable bonds is 5. The summed E-state index contributed by atoms with van der Waals surface area (Å²) in [5.41, 5.74) is 6.00. The summed E-state index contributed by atoms with van der Waals surface area (Å²) in [5, 5.41) is 4.14. The number of nitrogens with zero attached hydrogens (tertiary/aromatic N) is 1. The molecule has 21 heavy (non-hydrogen) atoms. The number of halogens is 1. The van der Waals surface area contributed by atoms with Crippen LogP contribution in [-0.4, -0.2) is 18.4 Å². The van der Waals surface area contributed by atoms with Gasteiger partial charge in [-0.05, 0) is 36.4 Å². The highest BCUT2D eigenvalue weighted by molar-refractivity contribution is 6.30. The molecule has 0 radical (unpaired) electrons. The Bertz CT molecular complexity index is 627. The van der Waals surface area contributed by atoms with Crippen LogP contribution >= 0.6 is 11.6 Å². The number of hydrogen-bond donors (Lipinski definition) is 1. The molecule has 0 unspecified atom stereocenters. The zero-order valence-corrected chi connectivity index (χ0v) is 11.8. The molecule has 6 heteroatoms. The summed E-state index contributed by atoms with van der Waals surface area (Å²) < 4.78 is 5.36. The first kappa shape index (κ1) is 14.9. The molecule has 0 aliphatic heterocycles. The van der Waals surface area contributed by atoms with Gasteiger partial charge in [0.2, 0.25) is 0 Å². The minimum Gasteiger partial charge on any atom is -0.486 e. The number of nitrogens with two attached hydrogens (primary N) is 1. The smallest absolute Gasteiger partial charge is 0.365 e. The van der Waals surface area contributed by atoms with Gasteiger partial charge in [0, 0.05) is 5.02 Å². The van der Waals surface area contributed by atoms with Gasteiger partial charge < -0.3 is 15.3 Å². The third kappa shape index (κ3) is 4.81. The van der Waals surface area contributed by atoms with E-state index in [-0.39, 0.29) is 12.4 Å². The Morgan fingerprint density at radius 3 is 2.43 bits per heavy atom. The SMILES string of the molecule is NC(COc1ccc(Cl)cc1)=NOC(=O)c1ccccc1. The Morgan fingerprint density at radius 1 is 1.10 bits per heavy atom. The van der Waals surface area contributed by atoms with Gasteiger partial charge in [0.25, 0.3) is 0 Å². The lowest BCUT2D eigenvalue weighted by Gasteiger charge is -2.05. The molecule has 0 fully saturated rings. The molecule has 108 valence electrons. The van der Waals surface area contributed by atoms with Crippen molar-refractivity contribution in [2.75, 3.05) is 6.61 Å². The molecule has 0 aromatic heterocycles. The second-order valence-electron chi connectivity index (χ2n) is 4.07. The standard InChI is InChI=1S/C15H13ClN2O3/c16-12-6-8-13(9-7-12)20-10-14(17)18-21-15(19)11-4-2-1-3-5-11/h1-9H,10H2,(H2,17,18). The van der Waals surface area contributed by atoms with Crippen LogP contribution in [0.4, 0.5) is 0 Å². The van der Waals surface area contributed by atoms with Gasteiger partial charge in [-0.3, -0.25) is 0 Å². The van der Waals surface area contributed by atoms with E-state index in [1.165, 1.54) is 0 Å². The number of benzene rings is 2. The monoisotopic (exact) mass is 304 g/mol. The third-order valence-corrected chi connectivity index (χ3v) is 2.71. The minimum absolute atomic E-state index is 0.00367. The minimum atomic E-state index is -0.579.